The summed E-state index contributed by atoms with van der Waals surface area (Å²) in [6.45, 7) is 4.53. The molecule has 2 heterocycles. The number of carbonyl (C=O) groups is 1. The molecule has 0 spiro atoms. The van der Waals surface area contributed by atoms with E-state index in [0.29, 0.717) is 6.54 Å². The molecule has 1 aliphatic rings. The third-order valence-electron chi connectivity index (χ3n) is 6.59. The molecule has 3 aromatic carbocycles. The van der Waals surface area contributed by atoms with Gasteiger partial charge in [-0.3, -0.25) is 14.3 Å². The Labute approximate surface area is 208 Å². The number of benzene rings is 3. The second kappa shape index (κ2) is 10.1. The molecule has 4 aromatic rings. The van der Waals surface area contributed by atoms with E-state index in [-0.39, 0.29) is 11.8 Å². The predicted molar refractivity (Wildman–Crippen MR) is 141 cm³/mol. The molecule has 34 heavy (non-hydrogen) atoms. The van der Waals surface area contributed by atoms with E-state index in [0.717, 1.165) is 65.1 Å². The number of aromatic nitrogens is 2. The molecule has 0 unspecified atom stereocenters. The summed E-state index contributed by atoms with van der Waals surface area (Å²) < 4.78 is 3.28. The fourth-order valence-corrected chi connectivity index (χ4v) is 5.27. The van der Waals surface area contributed by atoms with Crippen LogP contribution in [0, 0.1) is 5.92 Å². The molecular formula is C28H29BrN4O. The largest absolute Gasteiger partial charge is 0.326 e. The third kappa shape index (κ3) is 4.79. The number of nitrogens with zero attached hydrogens (tertiary/aromatic N) is 3. The number of fused-ring (bicyclic) bond motifs is 1. The minimum atomic E-state index is -0.0256. The van der Waals surface area contributed by atoms with Crippen molar-refractivity contribution in [2.45, 2.75) is 32.7 Å². The molecule has 5 nitrogen and oxygen atoms in total. The van der Waals surface area contributed by atoms with Gasteiger partial charge in [-0.05, 0) is 67.8 Å². The second-order valence-corrected chi connectivity index (χ2v) is 9.82. The number of rotatable bonds is 6. The Hall–Kier alpha value is -2.96. The highest BCUT2D eigenvalue weighted by atomic mass is 79.9. The molecule has 0 bridgehead atoms. The minimum Gasteiger partial charge on any atom is -0.326 e. The van der Waals surface area contributed by atoms with Gasteiger partial charge in [0.05, 0.1) is 23.5 Å². The van der Waals surface area contributed by atoms with Gasteiger partial charge < -0.3 is 5.32 Å². The van der Waals surface area contributed by atoms with Gasteiger partial charge in [-0.15, -0.1) is 0 Å². The number of aryl methyl sites for hydroxylation is 1. The van der Waals surface area contributed by atoms with Crippen molar-refractivity contribution in [1.82, 2.24) is 14.5 Å². The van der Waals surface area contributed by atoms with E-state index in [9.17, 15) is 4.79 Å². The van der Waals surface area contributed by atoms with Gasteiger partial charge in [0.15, 0.2) is 0 Å². The van der Waals surface area contributed by atoms with Crippen LogP contribution in [0.3, 0.4) is 0 Å². The molecule has 5 rings (SSSR count). The van der Waals surface area contributed by atoms with Crippen LogP contribution in [-0.2, 0) is 17.8 Å². The Morgan fingerprint density at radius 3 is 2.76 bits per heavy atom. The SMILES string of the molecule is CCc1ccccc1NC(=O)[C@@H]1CCCN(Cc2nc3ccccc3n2-c2cccc(Br)c2)C1. The van der Waals surface area contributed by atoms with Crippen LogP contribution in [0.15, 0.2) is 77.3 Å². The molecule has 1 atom stereocenters. The number of anilines is 1. The minimum absolute atomic E-state index is 0.0256. The van der Waals surface area contributed by atoms with Crippen LogP contribution in [0.25, 0.3) is 16.7 Å². The predicted octanol–water partition coefficient (Wildman–Crippen LogP) is 6.20. The normalized spacial score (nSPS) is 16.6. The number of imidazole rings is 1. The summed E-state index contributed by atoms with van der Waals surface area (Å²) in [6, 6.07) is 24.7. The highest BCUT2D eigenvalue weighted by molar-refractivity contribution is 9.10. The lowest BCUT2D eigenvalue weighted by molar-refractivity contribution is -0.121. The molecule has 1 fully saturated rings. The van der Waals surface area contributed by atoms with Crippen molar-refractivity contribution in [2.75, 3.05) is 18.4 Å². The number of halogens is 1. The standard InChI is InChI=1S/C28H29BrN4O/c1-2-20-9-3-4-13-24(20)31-28(34)21-10-8-16-32(18-21)19-27-30-25-14-5-6-15-26(25)33(27)23-12-7-11-22(29)17-23/h3-7,9,11-15,17,21H,2,8,10,16,18-19H2,1H3,(H,31,34)/t21-/m1/s1. The van der Waals surface area contributed by atoms with E-state index in [1.165, 1.54) is 5.56 Å². The maximum atomic E-state index is 13.1. The van der Waals surface area contributed by atoms with E-state index in [1.807, 2.05) is 36.4 Å². The van der Waals surface area contributed by atoms with Crippen LogP contribution < -0.4 is 5.32 Å². The van der Waals surface area contributed by atoms with Crippen molar-refractivity contribution in [3.63, 3.8) is 0 Å². The molecule has 1 N–H and O–H groups in total. The van der Waals surface area contributed by atoms with E-state index in [4.69, 9.17) is 4.98 Å². The lowest BCUT2D eigenvalue weighted by Crippen LogP contribution is -2.40. The average molecular weight is 517 g/mol. The Kier molecular flexibility index (Phi) is 6.79. The van der Waals surface area contributed by atoms with Crippen molar-refractivity contribution < 1.29 is 4.79 Å². The summed E-state index contributed by atoms with van der Waals surface area (Å²) in [7, 11) is 0. The Morgan fingerprint density at radius 1 is 1.09 bits per heavy atom. The average Bonchev–Trinajstić information content (AvgIpc) is 3.22. The first-order valence-electron chi connectivity index (χ1n) is 12.0. The molecule has 1 aliphatic heterocycles. The molecule has 1 amide bonds. The molecule has 6 heteroatoms. The van der Waals surface area contributed by atoms with Gasteiger partial charge in [-0.25, -0.2) is 4.98 Å². The van der Waals surface area contributed by atoms with Gasteiger partial charge >= 0.3 is 0 Å². The summed E-state index contributed by atoms with van der Waals surface area (Å²) in [6.07, 6.45) is 2.82. The Bertz CT molecular complexity index is 1310. The molecule has 0 radical (unpaired) electrons. The van der Waals surface area contributed by atoms with Crippen LogP contribution >= 0.6 is 15.9 Å². The first-order chi connectivity index (χ1) is 16.6. The molecule has 1 aromatic heterocycles. The number of para-hydroxylation sites is 3. The van der Waals surface area contributed by atoms with Crippen molar-refractivity contribution in [3.05, 3.63) is 88.7 Å². The number of nitrogens with one attached hydrogen (secondary N) is 1. The number of hydrogen-bond donors (Lipinski definition) is 1. The smallest absolute Gasteiger partial charge is 0.228 e. The van der Waals surface area contributed by atoms with Gasteiger partial charge in [0, 0.05) is 22.4 Å². The van der Waals surface area contributed by atoms with Crippen molar-refractivity contribution in [1.29, 1.82) is 0 Å². The van der Waals surface area contributed by atoms with E-state index < -0.39 is 0 Å². The highest BCUT2D eigenvalue weighted by Gasteiger charge is 2.27. The fourth-order valence-electron chi connectivity index (χ4n) is 4.88. The molecular weight excluding hydrogens is 488 g/mol. The van der Waals surface area contributed by atoms with Gasteiger partial charge in [0.2, 0.25) is 5.91 Å². The first kappa shape index (κ1) is 22.8. The second-order valence-electron chi connectivity index (χ2n) is 8.91. The topological polar surface area (TPSA) is 50.2 Å². The van der Waals surface area contributed by atoms with Crippen LogP contribution in [0.4, 0.5) is 5.69 Å². The lowest BCUT2D eigenvalue weighted by Gasteiger charge is -2.32. The first-order valence-corrected chi connectivity index (χ1v) is 12.7. The van der Waals surface area contributed by atoms with E-state index >= 15 is 0 Å². The summed E-state index contributed by atoms with van der Waals surface area (Å²) >= 11 is 3.61. The van der Waals surface area contributed by atoms with Gasteiger partial charge in [-0.2, -0.15) is 0 Å². The maximum Gasteiger partial charge on any atom is 0.228 e. The number of amides is 1. The highest BCUT2D eigenvalue weighted by Crippen LogP contribution is 2.27. The van der Waals surface area contributed by atoms with Gasteiger partial charge in [-0.1, -0.05) is 59.3 Å². The number of likely N-dealkylation sites (tertiary alicyclic amines) is 1. The monoisotopic (exact) mass is 516 g/mol. The zero-order valence-corrected chi connectivity index (χ0v) is 21.0. The van der Waals surface area contributed by atoms with Gasteiger partial charge in [0.25, 0.3) is 0 Å². The van der Waals surface area contributed by atoms with Crippen molar-refractivity contribution in [2.24, 2.45) is 5.92 Å². The number of carbonyl (C=O) groups excluding carboxylic acids is 1. The van der Waals surface area contributed by atoms with Crippen LogP contribution in [-0.4, -0.2) is 33.4 Å². The third-order valence-corrected chi connectivity index (χ3v) is 7.09. The Balaban J connectivity index is 1.37. The quantitative estimate of drug-likeness (QED) is 0.331. The Morgan fingerprint density at radius 2 is 1.91 bits per heavy atom. The van der Waals surface area contributed by atoms with Crippen molar-refractivity contribution >= 4 is 38.6 Å². The van der Waals surface area contributed by atoms with E-state index in [2.05, 4.69) is 74.0 Å². The zero-order valence-electron chi connectivity index (χ0n) is 19.4. The van der Waals surface area contributed by atoms with Crippen LogP contribution in [0.1, 0.15) is 31.2 Å². The summed E-state index contributed by atoms with van der Waals surface area (Å²) in [5.41, 5.74) is 5.27. The van der Waals surface area contributed by atoms with E-state index in [1.54, 1.807) is 0 Å². The molecule has 0 saturated carbocycles. The fraction of sp³-hybridized carbons (Fsp3) is 0.286. The number of piperidine rings is 1. The molecule has 0 aliphatic carbocycles. The van der Waals surface area contributed by atoms with Crippen LogP contribution in [0.5, 0.6) is 0 Å². The molecule has 174 valence electrons. The summed E-state index contributed by atoms with van der Waals surface area (Å²) in [5.74, 6) is 1.09. The maximum absolute atomic E-state index is 13.1. The van der Waals surface area contributed by atoms with Crippen molar-refractivity contribution in [3.8, 4) is 5.69 Å². The lowest BCUT2D eigenvalue weighted by atomic mass is 9.96. The zero-order chi connectivity index (χ0) is 23.5. The van der Waals surface area contributed by atoms with Gasteiger partial charge in [0.1, 0.15) is 5.82 Å². The summed E-state index contributed by atoms with van der Waals surface area (Å²) in [4.78, 5) is 20.5. The van der Waals surface area contributed by atoms with Crippen LogP contribution in [0.2, 0.25) is 0 Å². The molecule has 1 saturated heterocycles. The number of hydrogen-bond acceptors (Lipinski definition) is 3. The summed E-state index contributed by atoms with van der Waals surface area (Å²) in [5, 5.41) is 3.19.